The molecule has 2 rings (SSSR count). The van der Waals surface area contributed by atoms with Crippen LogP contribution in [0.1, 0.15) is 16.2 Å². The molecule has 0 aliphatic carbocycles. The molecule has 88 valence electrons. The van der Waals surface area contributed by atoms with Gasteiger partial charge in [-0.3, -0.25) is 4.79 Å². The summed E-state index contributed by atoms with van der Waals surface area (Å²) in [4.78, 5) is 15.5. The molecule has 17 heavy (non-hydrogen) atoms. The van der Waals surface area contributed by atoms with E-state index < -0.39 is 0 Å². The molecule has 0 bridgehead atoms. The van der Waals surface area contributed by atoms with Crippen LogP contribution in [0.25, 0.3) is 0 Å². The van der Waals surface area contributed by atoms with Crippen LogP contribution in [-0.2, 0) is 6.54 Å². The highest BCUT2D eigenvalue weighted by atomic mass is 35.5. The third-order valence-corrected chi connectivity index (χ3v) is 2.21. The predicted molar refractivity (Wildman–Crippen MR) is 61.3 cm³/mol. The molecular formula is C10H9ClN4O2. The standard InChI is InChI=1S/C10H9ClN4O2/c11-7-1-6(2-8(12)3-7)10(16)13-4-9-14-5-17-15-9/h1-3,5H,4,12H2,(H,13,16). The van der Waals surface area contributed by atoms with Gasteiger partial charge in [0.1, 0.15) is 0 Å². The lowest BCUT2D eigenvalue weighted by atomic mass is 10.2. The smallest absolute Gasteiger partial charge is 0.251 e. The van der Waals surface area contributed by atoms with Gasteiger partial charge in [-0.2, -0.15) is 4.98 Å². The fourth-order valence-electron chi connectivity index (χ4n) is 1.28. The number of carbonyl (C=O) groups is 1. The first-order valence-electron chi connectivity index (χ1n) is 4.74. The van der Waals surface area contributed by atoms with Crippen LogP contribution in [0.3, 0.4) is 0 Å². The number of hydrogen-bond acceptors (Lipinski definition) is 5. The van der Waals surface area contributed by atoms with Crippen LogP contribution in [-0.4, -0.2) is 16.0 Å². The molecular weight excluding hydrogens is 244 g/mol. The molecule has 0 aliphatic rings. The Kier molecular flexibility index (Phi) is 3.24. The van der Waals surface area contributed by atoms with Crippen molar-refractivity contribution in [3.8, 4) is 0 Å². The minimum Gasteiger partial charge on any atom is -0.399 e. The van der Waals surface area contributed by atoms with Gasteiger partial charge in [0.2, 0.25) is 6.39 Å². The van der Waals surface area contributed by atoms with Crippen LogP contribution in [0.15, 0.2) is 29.1 Å². The van der Waals surface area contributed by atoms with Crippen molar-refractivity contribution in [1.29, 1.82) is 0 Å². The highest BCUT2D eigenvalue weighted by molar-refractivity contribution is 6.31. The number of carbonyl (C=O) groups excluding carboxylic acids is 1. The molecule has 6 nitrogen and oxygen atoms in total. The summed E-state index contributed by atoms with van der Waals surface area (Å²) < 4.78 is 4.54. The third-order valence-electron chi connectivity index (χ3n) is 2.00. The third kappa shape index (κ3) is 2.94. The van der Waals surface area contributed by atoms with Gasteiger partial charge in [-0.15, -0.1) is 0 Å². The summed E-state index contributed by atoms with van der Waals surface area (Å²) in [7, 11) is 0. The van der Waals surface area contributed by atoms with Gasteiger partial charge in [0.25, 0.3) is 5.91 Å². The minimum atomic E-state index is -0.302. The van der Waals surface area contributed by atoms with E-state index >= 15 is 0 Å². The normalized spacial score (nSPS) is 10.2. The van der Waals surface area contributed by atoms with Gasteiger partial charge < -0.3 is 15.6 Å². The van der Waals surface area contributed by atoms with Gasteiger partial charge in [0, 0.05) is 16.3 Å². The second-order valence-corrected chi connectivity index (χ2v) is 3.74. The summed E-state index contributed by atoms with van der Waals surface area (Å²) >= 11 is 5.79. The van der Waals surface area contributed by atoms with Crippen molar-refractivity contribution in [2.45, 2.75) is 6.54 Å². The molecule has 3 N–H and O–H groups in total. The minimum absolute atomic E-state index is 0.182. The lowest BCUT2D eigenvalue weighted by molar-refractivity contribution is 0.0949. The monoisotopic (exact) mass is 252 g/mol. The molecule has 0 fully saturated rings. The molecule has 1 amide bonds. The number of nitrogen functional groups attached to an aromatic ring is 1. The largest absolute Gasteiger partial charge is 0.399 e. The van der Waals surface area contributed by atoms with E-state index in [1.54, 1.807) is 6.07 Å². The number of nitrogens with zero attached hydrogens (tertiary/aromatic N) is 2. The van der Waals surface area contributed by atoms with Crippen molar-refractivity contribution >= 4 is 23.2 Å². The maximum Gasteiger partial charge on any atom is 0.251 e. The van der Waals surface area contributed by atoms with Crippen LogP contribution in [0.2, 0.25) is 5.02 Å². The molecule has 0 aliphatic heterocycles. The van der Waals surface area contributed by atoms with Crippen molar-refractivity contribution in [3.05, 3.63) is 41.0 Å². The number of amides is 1. The van der Waals surface area contributed by atoms with E-state index in [2.05, 4.69) is 20.0 Å². The molecule has 0 saturated heterocycles. The summed E-state index contributed by atoms with van der Waals surface area (Å²) in [5, 5.41) is 6.59. The SMILES string of the molecule is Nc1cc(Cl)cc(C(=O)NCc2ncon2)c1. The molecule has 1 heterocycles. The van der Waals surface area contributed by atoms with E-state index in [0.717, 1.165) is 0 Å². The van der Waals surface area contributed by atoms with Gasteiger partial charge in [0.05, 0.1) is 6.54 Å². The van der Waals surface area contributed by atoms with Crippen molar-refractivity contribution in [1.82, 2.24) is 15.5 Å². The number of rotatable bonds is 3. The maximum atomic E-state index is 11.7. The number of hydrogen-bond donors (Lipinski definition) is 2. The van der Waals surface area contributed by atoms with Crippen LogP contribution in [0.4, 0.5) is 5.69 Å². The summed E-state index contributed by atoms with van der Waals surface area (Å²) in [6, 6.07) is 4.64. The molecule has 0 unspecified atom stereocenters. The Morgan fingerprint density at radius 3 is 2.94 bits per heavy atom. The van der Waals surface area contributed by atoms with E-state index in [-0.39, 0.29) is 12.5 Å². The molecule has 1 aromatic heterocycles. The average molecular weight is 253 g/mol. The van der Waals surface area contributed by atoms with Gasteiger partial charge in [-0.1, -0.05) is 16.8 Å². The number of aromatic nitrogens is 2. The molecule has 7 heteroatoms. The van der Waals surface area contributed by atoms with Crippen molar-refractivity contribution in [3.63, 3.8) is 0 Å². The lowest BCUT2D eigenvalue weighted by Crippen LogP contribution is -2.23. The number of halogens is 1. The van der Waals surface area contributed by atoms with Crippen LogP contribution in [0, 0.1) is 0 Å². The number of nitrogens with two attached hydrogens (primary N) is 1. The van der Waals surface area contributed by atoms with Gasteiger partial charge in [0.15, 0.2) is 5.82 Å². The van der Waals surface area contributed by atoms with Crippen LogP contribution >= 0.6 is 11.6 Å². The molecule has 1 aromatic carbocycles. The lowest BCUT2D eigenvalue weighted by Gasteiger charge is -2.04. The molecule has 0 saturated carbocycles. The molecule has 2 aromatic rings. The van der Waals surface area contributed by atoms with E-state index in [1.807, 2.05) is 0 Å². The van der Waals surface area contributed by atoms with Crippen molar-refractivity contribution in [2.75, 3.05) is 5.73 Å². The first-order valence-corrected chi connectivity index (χ1v) is 5.12. The van der Waals surface area contributed by atoms with E-state index in [9.17, 15) is 4.79 Å². The van der Waals surface area contributed by atoms with E-state index in [1.165, 1.54) is 18.5 Å². The van der Waals surface area contributed by atoms with Gasteiger partial charge >= 0.3 is 0 Å². The van der Waals surface area contributed by atoms with Crippen molar-refractivity contribution < 1.29 is 9.32 Å². The van der Waals surface area contributed by atoms with Crippen molar-refractivity contribution in [2.24, 2.45) is 0 Å². The fourth-order valence-corrected chi connectivity index (χ4v) is 1.52. The molecule has 0 radical (unpaired) electrons. The van der Waals surface area contributed by atoms with Crippen LogP contribution in [0.5, 0.6) is 0 Å². The van der Waals surface area contributed by atoms with Crippen LogP contribution < -0.4 is 11.1 Å². The Labute approximate surface area is 102 Å². The van der Waals surface area contributed by atoms with Gasteiger partial charge in [-0.25, -0.2) is 0 Å². The van der Waals surface area contributed by atoms with E-state index in [0.29, 0.717) is 22.1 Å². The average Bonchev–Trinajstić information content (AvgIpc) is 2.77. The fraction of sp³-hybridized carbons (Fsp3) is 0.100. The predicted octanol–water partition coefficient (Wildman–Crippen LogP) is 1.24. The quantitative estimate of drug-likeness (QED) is 0.802. The first kappa shape index (κ1) is 11.4. The molecule has 0 spiro atoms. The second-order valence-electron chi connectivity index (χ2n) is 3.30. The zero-order chi connectivity index (χ0) is 12.3. The summed E-state index contributed by atoms with van der Waals surface area (Å²) in [6.07, 6.45) is 1.19. The topological polar surface area (TPSA) is 94.0 Å². The first-order chi connectivity index (χ1) is 8.15. The zero-order valence-electron chi connectivity index (χ0n) is 8.68. The summed E-state index contributed by atoms with van der Waals surface area (Å²) in [5.74, 6) is 0.0948. The maximum absolute atomic E-state index is 11.7. The van der Waals surface area contributed by atoms with Gasteiger partial charge in [-0.05, 0) is 18.2 Å². The Morgan fingerprint density at radius 2 is 2.29 bits per heavy atom. The Morgan fingerprint density at radius 1 is 1.47 bits per heavy atom. The second kappa shape index (κ2) is 4.84. The number of anilines is 1. The Balaban J connectivity index is 2.04. The Bertz CT molecular complexity index is 507. The number of nitrogens with one attached hydrogen (secondary N) is 1. The Hall–Kier alpha value is -2.08. The summed E-state index contributed by atoms with van der Waals surface area (Å²) in [6.45, 7) is 0.182. The highest BCUT2D eigenvalue weighted by Gasteiger charge is 2.08. The highest BCUT2D eigenvalue weighted by Crippen LogP contribution is 2.16. The zero-order valence-corrected chi connectivity index (χ0v) is 9.44. The number of benzene rings is 1. The summed E-state index contributed by atoms with van der Waals surface area (Å²) in [5.41, 5.74) is 6.40. The molecule has 0 atom stereocenters. The van der Waals surface area contributed by atoms with E-state index in [4.69, 9.17) is 17.3 Å².